The van der Waals surface area contributed by atoms with E-state index in [4.69, 9.17) is 9.47 Å². The molecule has 5 nitrogen and oxygen atoms in total. The Morgan fingerprint density at radius 3 is 2.89 bits per heavy atom. The molecular weight excluding hydrogens is 232 g/mol. The van der Waals surface area contributed by atoms with Crippen LogP contribution in [0.5, 0.6) is 0 Å². The Morgan fingerprint density at radius 1 is 1.56 bits per heavy atom. The van der Waals surface area contributed by atoms with Crippen molar-refractivity contribution in [2.24, 2.45) is 5.41 Å². The summed E-state index contributed by atoms with van der Waals surface area (Å²) < 4.78 is 10.6. The lowest BCUT2D eigenvalue weighted by molar-refractivity contribution is -0.0309. The summed E-state index contributed by atoms with van der Waals surface area (Å²) in [7, 11) is 5.64. The molecule has 18 heavy (non-hydrogen) atoms. The molecule has 0 radical (unpaired) electrons. The predicted molar refractivity (Wildman–Crippen MR) is 71.8 cm³/mol. The summed E-state index contributed by atoms with van der Waals surface area (Å²) in [4.78, 5) is 2.18. The average Bonchev–Trinajstić information content (AvgIpc) is 2.30. The molecule has 0 aromatic heterocycles. The van der Waals surface area contributed by atoms with Crippen LogP contribution in [0.15, 0.2) is 0 Å². The van der Waals surface area contributed by atoms with Gasteiger partial charge in [-0.1, -0.05) is 0 Å². The van der Waals surface area contributed by atoms with Crippen LogP contribution < -0.4 is 5.32 Å². The summed E-state index contributed by atoms with van der Waals surface area (Å²) in [5.74, 6) is 0. The zero-order valence-corrected chi connectivity index (χ0v) is 11.9. The summed E-state index contributed by atoms with van der Waals surface area (Å²) in [6.45, 7) is 4.60. The molecule has 1 aliphatic heterocycles. The van der Waals surface area contributed by atoms with Gasteiger partial charge in [0.1, 0.15) is 0 Å². The molecule has 0 saturated carbocycles. The number of methoxy groups -OCH3 is 1. The average molecular weight is 260 g/mol. The lowest BCUT2D eigenvalue weighted by atomic mass is 9.82. The van der Waals surface area contributed by atoms with Crippen molar-refractivity contribution in [2.45, 2.75) is 18.9 Å². The Morgan fingerprint density at radius 2 is 2.33 bits per heavy atom. The van der Waals surface area contributed by atoms with Crippen LogP contribution in [-0.4, -0.2) is 76.8 Å². The molecule has 0 amide bonds. The highest BCUT2D eigenvalue weighted by Crippen LogP contribution is 2.28. The highest BCUT2D eigenvalue weighted by molar-refractivity contribution is 4.86. The molecule has 1 saturated heterocycles. The highest BCUT2D eigenvalue weighted by Gasteiger charge is 2.33. The number of ether oxygens (including phenoxy) is 2. The van der Waals surface area contributed by atoms with E-state index in [1.54, 1.807) is 7.11 Å². The van der Waals surface area contributed by atoms with Gasteiger partial charge in [0.15, 0.2) is 0 Å². The predicted octanol–water partition coefficient (Wildman–Crippen LogP) is -0.0583. The molecule has 2 atom stereocenters. The van der Waals surface area contributed by atoms with E-state index in [-0.39, 0.29) is 5.41 Å². The zero-order chi connectivity index (χ0) is 13.4. The van der Waals surface area contributed by atoms with Gasteiger partial charge in [-0.25, -0.2) is 0 Å². The molecule has 2 unspecified atom stereocenters. The topological polar surface area (TPSA) is 54.0 Å². The summed E-state index contributed by atoms with van der Waals surface area (Å²) in [6.07, 6.45) is 1.88. The van der Waals surface area contributed by atoms with Gasteiger partial charge in [-0.2, -0.15) is 0 Å². The molecule has 1 aliphatic rings. The number of likely N-dealkylation sites (N-methyl/N-ethyl adjacent to an activating group) is 1. The molecule has 5 heteroatoms. The van der Waals surface area contributed by atoms with Gasteiger partial charge in [-0.15, -0.1) is 0 Å². The van der Waals surface area contributed by atoms with E-state index in [2.05, 4.69) is 10.2 Å². The molecular formula is C13H28N2O3. The van der Waals surface area contributed by atoms with E-state index in [9.17, 15) is 5.11 Å². The molecule has 0 bridgehead atoms. The Bertz CT molecular complexity index is 215. The summed E-state index contributed by atoms with van der Waals surface area (Å²) in [5.41, 5.74) is 0.175. The fourth-order valence-electron chi connectivity index (χ4n) is 2.85. The third kappa shape index (κ3) is 5.20. The second kappa shape index (κ2) is 8.07. The minimum Gasteiger partial charge on any atom is -0.389 e. The minimum absolute atomic E-state index is 0.175. The molecule has 0 aromatic rings. The standard InChI is InChI=1S/C13H28N2O3/c1-14-9-13(5-4-6-18-11-13)10-15(2)7-12(16)8-17-3/h12,14,16H,4-11H2,1-3H3. The molecule has 108 valence electrons. The molecule has 0 aliphatic carbocycles. The Hall–Kier alpha value is -0.200. The normalized spacial score (nSPS) is 26.5. The number of hydrogen-bond donors (Lipinski definition) is 2. The highest BCUT2D eigenvalue weighted by atomic mass is 16.5. The number of rotatable bonds is 8. The van der Waals surface area contributed by atoms with E-state index in [1.807, 2.05) is 14.1 Å². The van der Waals surface area contributed by atoms with Crippen molar-refractivity contribution < 1.29 is 14.6 Å². The second-order valence-corrected chi connectivity index (χ2v) is 5.49. The monoisotopic (exact) mass is 260 g/mol. The summed E-state index contributed by atoms with van der Waals surface area (Å²) in [6, 6.07) is 0. The number of aliphatic hydroxyl groups is 1. The number of nitrogens with zero attached hydrogens (tertiary/aromatic N) is 1. The van der Waals surface area contributed by atoms with Crippen molar-refractivity contribution in [1.29, 1.82) is 0 Å². The Labute approximate surface area is 110 Å². The SMILES string of the molecule is CNCC1(CN(C)CC(O)COC)CCCOC1. The summed E-state index contributed by atoms with van der Waals surface area (Å²) >= 11 is 0. The molecule has 1 heterocycles. The number of aliphatic hydroxyl groups excluding tert-OH is 1. The quantitative estimate of drug-likeness (QED) is 0.640. The lowest BCUT2D eigenvalue weighted by Gasteiger charge is -2.40. The van der Waals surface area contributed by atoms with Crippen molar-refractivity contribution in [3.63, 3.8) is 0 Å². The van der Waals surface area contributed by atoms with Gasteiger partial charge in [-0.05, 0) is 26.9 Å². The van der Waals surface area contributed by atoms with Gasteiger partial charge in [-0.3, -0.25) is 0 Å². The first-order valence-corrected chi connectivity index (χ1v) is 6.70. The minimum atomic E-state index is -0.420. The van der Waals surface area contributed by atoms with Gasteiger partial charge in [0.05, 0.1) is 19.3 Å². The van der Waals surface area contributed by atoms with Gasteiger partial charge < -0.3 is 24.8 Å². The first kappa shape index (κ1) is 15.9. The second-order valence-electron chi connectivity index (χ2n) is 5.49. The van der Waals surface area contributed by atoms with Crippen molar-refractivity contribution in [2.75, 3.05) is 60.7 Å². The van der Waals surface area contributed by atoms with Crippen molar-refractivity contribution >= 4 is 0 Å². The van der Waals surface area contributed by atoms with Crippen LogP contribution >= 0.6 is 0 Å². The third-order valence-corrected chi connectivity index (χ3v) is 3.44. The Balaban J connectivity index is 2.44. The fraction of sp³-hybridized carbons (Fsp3) is 1.00. The van der Waals surface area contributed by atoms with Crippen LogP contribution in [-0.2, 0) is 9.47 Å². The zero-order valence-electron chi connectivity index (χ0n) is 11.9. The van der Waals surface area contributed by atoms with Crippen molar-refractivity contribution in [3.8, 4) is 0 Å². The van der Waals surface area contributed by atoms with Gasteiger partial charge in [0.2, 0.25) is 0 Å². The molecule has 1 fully saturated rings. The van der Waals surface area contributed by atoms with E-state index >= 15 is 0 Å². The first-order valence-electron chi connectivity index (χ1n) is 6.70. The van der Waals surface area contributed by atoms with E-state index in [0.29, 0.717) is 13.2 Å². The van der Waals surface area contributed by atoms with E-state index in [1.165, 1.54) is 6.42 Å². The van der Waals surface area contributed by atoms with Crippen LogP contribution in [0.2, 0.25) is 0 Å². The van der Waals surface area contributed by atoms with Gasteiger partial charge in [0, 0.05) is 38.8 Å². The smallest absolute Gasteiger partial charge is 0.0899 e. The van der Waals surface area contributed by atoms with E-state index < -0.39 is 6.10 Å². The van der Waals surface area contributed by atoms with E-state index in [0.717, 1.165) is 32.7 Å². The molecule has 2 N–H and O–H groups in total. The lowest BCUT2D eigenvalue weighted by Crippen LogP contribution is -2.49. The molecule has 0 spiro atoms. The van der Waals surface area contributed by atoms with Crippen LogP contribution in [0.3, 0.4) is 0 Å². The maximum Gasteiger partial charge on any atom is 0.0899 e. The first-order chi connectivity index (χ1) is 8.62. The maximum absolute atomic E-state index is 9.75. The third-order valence-electron chi connectivity index (χ3n) is 3.44. The fourth-order valence-corrected chi connectivity index (χ4v) is 2.85. The van der Waals surface area contributed by atoms with Gasteiger partial charge in [0.25, 0.3) is 0 Å². The Kier molecular flexibility index (Phi) is 7.11. The number of nitrogens with one attached hydrogen (secondary N) is 1. The summed E-state index contributed by atoms with van der Waals surface area (Å²) in [5, 5.41) is 13.0. The van der Waals surface area contributed by atoms with Crippen LogP contribution in [0.4, 0.5) is 0 Å². The van der Waals surface area contributed by atoms with Gasteiger partial charge >= 0.3 is 0 Å². The molecule has 1 rings (SSSR count). The number of hydrogen-bond acceptors (Lipinski definition) is 5. The van der Waals surface area contributed by atoms with Crippen molar-refractivity contribution in [3.05, 3.63) is 0 Å². The van der Waals surface area contributed by atoms with Crippen LogP contribution in [0.1, 0.15) is 12.8 Å². The maximum atomic E-state index is 9.75. The molecule has 0 aromatic carbocycles. The largest absolute Gasteiger partial charge is 0.389 e. The van der Waals surface area contributed by atoms with Crippen molar-refractivity contribution in [1.82, 2.24) is 10.2 Å². The van der Waals surface area contributed by atoms with Crippen LogP contribution in [0.25, 0.3) is 0 Å². The van der Waals surface area contributed by atoms with Crippen LogP contribution in [0, 0.1) is 5.41 Å².